The van der Waals surface area contributed by atoms with E-state index >= 15 is 0 Å². The van der Waals surface area contributed by atoms with E-state index in [1.165, 1.54) is 0 Å². The van der Waals surface area contributed by atoms with Crippen LogP contribution in [0.4, 0.5) is 0 Å². The zero-order valence-electron chi connectivity index (χ0n) is 4.76. The number of hydrogen-bond donors (Lipinski definition) is 0. The van der Waals surface area contributed by atoms with Crippen molar-refractivity contribution < 1.29 is 9.59 Å². The molecule has 0 aliphatic carbocycles. The summed E-state index contributed by atoms with van der Waals surface area (Å²) in [4.78, 5) is 16.2. The lowest BCUT2D eigenvalue weighted by Gasteiger charge is -1.74. The van der Waals surface area contributed by atoms with Crippen LogP contribution in [0.15, 0.2) is 0 Å². The molecule has 0 saturated carbocycles. The smallest absolute Gasteiger partial charge is 0.186 e. The highest BCUT2D eigenvalue weighted by atomic mass is 16.2. The van der Waals surface area contributed by atoms with Gasteiger partial charge in [0.15, 0.2) is 0 Å². The summed E-state index contributed by atoms with van der Waals surface area (Å²) in [5.41, 5.74) is 0. The minimum absolute atomic E-state index is 0.250. The number of hydrogen-bond acceptors (Lipinski definition) is 2. The maximum atomic E-state index is 8.12. The quantitative estimate of drug-likeness (QED) is 0.433. The first-order valence-electron chi connectivity index (χ1n) is 2.19. The Bertz CT molecular complexity index is 57.5. The molecule has 0 aliphatic rings. The molecular formula is C3H5B3O2. The van der Waals surface area contributed by atoms with Gasteiger partial charge in [-0.1, -0.05) is 13.2 Å². The standard InChI is InChI=1S/C2H5B3.CO2/c1-2-4-5-3;2-1-3/h2H2,1H3;. The highest BCUT2D eigenvalue weighted by Gasteiger charge is 1.73. The summed E-state index contributed by atoms with van der Waals surface area (Å²) in [5, 5.41) is 0. The SMILES string of the molecule is O=C=O.[B][B][B]CC. The summed E-state index contributed by atoms with van der Waals surface area (Å²) in [6.07, 6.45) is 1.29. The molecule has 0 spiro atoms. The fourth-order valence-corrected chi connectivity index (χ4v) is 0.136. The van der Waals surface area contributed by atoms with Gasteiger partial charge in [-0.2, -0.15) is 9.59 Å². The molecule has 0 amide bonds. The minimum Gasteiger partial charge on any atom is -0.186 e. The van der Waals surface area contributed by atoms with Crippen LogP contribution < -0.4 is 0 Å². The first-order chi connectivity index (χ1) is 3.83. The third kappa shape index (κ3) is 47.0. The molecule has 0 aliphatic heterocycles. The Morgan fingerprint density at radius 3 is 2.00 bits per heavy atom. The van der Waals surface area contributed by atoms with Crippen molar-refractivity contribution in [3.05, 3.63) is 0 Å². The second-order valence-corrected chi connectivity index (χ2v) is 0.920. The first kappa shape index (κ1) is 10.5. The van der Waals surface area contributed by atoms with E-state index in [4.69, 9.17) is 17.3 Å². The Balaban J connectivity index is 0. The predicted molar refractivity (Wildman–Crippen MR) is 32.7 cm³/mol. The molecule has 0 aromatic rings. The zero-order chi connectivity index (χ0) is 6.83. The lowest BCUT2D eigenvalue weighted by molar-refractivity contribution is -0.191. The lowest BCUT2D eigenvalue weighted by atomic mass is 9.27. The van der Waals surface area contributed by atoms with E-state index < -0.39 is 0 Å². The molecule has 0 heterocycles. The Labute approximate surface area is 51.9 Å². The third-order valence-electron chi connectivity index (χ3n) is 0.372. The van der Waals surface area contributed by atoms with E-state index in [9.17, 15) is 0 Å². The molecule has 0 saturated heterocycles. The van der Waals surface area contributed by atoms with Gasteiger partial charge >= 0.3 is 6.15 Å². The van der Waals surface area contributed by atoms with Crippen LogP contribution in [0.1, 0.15) is 6.92 Å². The van der Waals surface area contributed by atoms with Gasteiger partial charge in [-0.25, -0.2) is 0 Å². The molecule has 5 heteroatoms. The Hall–Kier alpha value is -0.425. The molecule has 0 fully saturated rings. The Morgan fingerprint density at radius 1 is 1.62 bits per heavy atom. The zero-order valence-corrected chi connectivity index (χ0v) is 4.76. The number of rotatable bonds is 2. The predicted octanol–water partition coefficient (Wildman–Crippen LogP) is -0.752. The molecule has 4 radical (unpaired) electrons. The molecule has 2 nitrogen and oxygen atoms in total. The maximum Gasteiger partial charge on any atom is 0.373 e. The van der Waals surface area contributed by atoms with Crippen molar-refractivity contribution in [3.63, 3.8) is 0 Å². The van der Waals surface area contributed by atoms with Crippen LogP contribution in [-0.4, -0.2) is 28.1 Å². The second-order valence-electron chi connectivity index (χ2n) is 0.920. The van der Waals surface area contributed by atoms with Crippen LogP contribution in [0.2, 0.25) is 6.32 Å². The van der Waals surface area contributed by atoms with E-state index in [0.29, 0.717) is 0 Å². The van der Waals surface area contributed by atoms with Crippen LogP contribution in [0, 0.1) is 0 Å². The van der Waals surface area contributed by atoms with Crippen molar-refractivity contribution in [2.75, 3.05) is 0 Å². The molecule has 0 aromatic carbocycles. The van der Waals surface area contributed by atoms with Crippen molar-refractivity contribution in [1.29, 1.82) is 0 Å². The van der Waals surface area contributed by atoms with Gasteiger partial charge in [0.2, 0.25) is 0 Å². The van der Waals surface area contributed by atoms with Crippen molar-refractivity contribution in [1.82, 2.24) is 0 Å². The van der Waals surface area contributed by atoms with Crippen LogP contribution in [0.5, 0.6) is 0 Å². The molecule has 38 valence electrons. The van der Waals surface area contributed by atoms with Gasteiger partial charge in [-0.3, -0.25) is 0 Å². The topological polar surface area (TPSA) is 34.1 Å². The molecular weight excluding hydrogens is 100 g/mol. The average Bonchev–Trinajstić information content (AvgIpc) is 1.71. The maximum absolute atomic E-state index is 8.12. The van der Waals surface area contributed by atoms with Gasteiger partial charge in [0.1, 0.15) is 0 Å². The van der Waals surface area contributed by atoms with Gasteiger partial charge in [0, 0.05) is 14.8 Å². The molecule has 0 N–H and O–H groups in total. The van der Waals surface area contributed by atoms with Crippen molar-refractivity contribution in [3.8, 4) is 0 Å². The second kappa shape index (κ2) is 16.0. The fourth-order valence-electron chi connectivity index (χ4n) is 0.136. The third-order valence-corrected chi connectivity index (χ3v) is 0.372. The lowest BCUT2D eigenvalue weighted by Crippen LogP contribution is -1.98. The molecule has 0 atom stereocenters. The summed E-state index contributed by atoms with van der Waals surface area (Å²) in [5.74, 6) is 0. The number of carbonyl (C=O) groups excluding carboxylic acids is 2. The molecule has 0 aromatic heterocycles. The largest absolute Gasteiger partial charge is 0.373 e. The van der Waals surface area contributed by atoms with Gasteiger partial charge in [-0.05, 0) is 0 Å². The van der Waals surface area contributed by atoms with Crippen LogP contribution >= 0.6 is 0 Å². The first-order valence-corrected chi connectivity index (χ1v) is 2.19. The molecule has 0 rings (SSSR count). The van der Waals surface area contributed by atoms with Crippen LogP contribution in [0.3, 0.4) is 0 Å². The van der Waals surface area contributed by atoms with Gasteiger partial charge in [-0.15, -0.1) is 0 Å². The highest BCUT2D eigenvalue weighted by molar-refractivity contribution is 7.23. The van der Waals surface area contributed by atoms with Crippen molar-refractivity contribution in [2.45, 2.75) is 13.2 Å². The summed E-state index contributed by atoms with van der Waals surface area (Å²) < 4.78 is 0. The van der Waals surface area contributed by atoms with Gasteiger partial charge < -0.3 is 0 Å². The van der Waals surface area contributed by atoms with E-state index in [1.54, 1.807) is 7.06 Å². The highest BCUT2D eigenvalue weighted by Crippen LogP contribution is 1.63. The van der Waals surface area contributed by atoms with Crippen molar-refractivity contribution in [2.24, 2.45) is 0 Å². The van der Waals surface area contributed by atoms with E-state index in [2.05, 4.69) is 0 Å². The van der Waals surface area contributed by atoms with E-state index in [0.717, 1.165) is 6.32 Å². The molecule has 0 bridgehead atoms. The van der Waals surface area contributed by atoms with Crippen LogP contribution in [0.25, 0.3) is 0 Å². The monoisotopic (exact) mass is 106 g/mol. The average molecular weight is 106 g/mol. The molecule has 0 unspecified atom stereocenters. The fraction of sp³-hybridized carbons (Fsp3) is 0.667. The summed E-state index contributed by atoms with van der Waals surface area (Å²) in [6, 6.07) is 0. The Kier molecular flexibility index (Phi) is 21.1. The van der Waals surface area contributed by atoms with Gasteiger partial charge in [0.05, 0.1) is 7.17 Å². The summed E-state index contributed by atoms with van der Waals surface area (Å²) in [6.45, 7) is 2.04. The van der Waals surface area contributed by atoms with Gasteiger partial charge in [0.25, 0.3) is 0 Å². The minimum atomic E-state index is 0.250. The summed E-state index contributed by atoms with van der Waals surface area (Å²) >= 11 is 0. The van der Waals surface area contributed by atoms with Crippen molar-refractivity contribution >= 4 is 28.1 Å². The normalized spacial score (nSPS) is 5.12. The van der Waals surface area contributed by atoms with Crippen LogP contribution in [-0.2, 0) is 9.59 Å². The van der Waals surface area contributed by atoms with E-state index in [1.807, 2.05) is 14.1 Å². The van der Waals surface area contributed by atoms with E-state index in [-0.39, 0.29) is 6.15 Å². The molecule has 8 heavy (non-hydrogen) atoms. The Morgan fingerprint density at radius 2 is 2.00 bits per heavy atom. The summed E-state index contributed by atoms with van der Waals surface area (Å²) in [7, 11) is 8.42.